The monoisotopic (exact) mass is 275 g/mol. The lowest BCUT2D eigenvalue weighted by atomic mass is 10.1. The standard InChI is InChI=1S/C15H14ClNO2/c16-9-11-6-8-14(19-11)15(18)17-13-7-5-10-3-1-2-4-12(10)13/h1-4,6,8,13H,5,7,9H2,(H,17,18). The molecule has 0 spiro atoms. The van der Waals surface area contributed by atoms with Crippen LogP contribution in [0.25, 0.3) is 0 Å². The predicted octanol–water partition coefficient (Wildman–Crippen LogP) is 3.44. The zero-order valence-electron chi connectivity index (χ0n) is 10.4. The first-order valence-electron chi connectivity index (χ1n) is 6.31. The third-order valence-corrected chi connectivity index (χ3v) is 3.72. The Morgan fingerprint density at radius 3 is 2.95 bits per heavy atom. The first-order valence-corrected chi connectivity index (χ1v) is 6.84. The number of hydrogen-bond donors (Lipinski definition) is 1. The summed E-state index contributed by atoms with van der Waals surface area (Å²) >= 11 is 5.66. The molecule has 1 heterocycles. The van der Waals surface area contributed by atoms with Crippen molar-refractivity contribution in [2.75, 3.05) is 0 Å². The van der Waals surface area contributed by atoms with Crippen LogP contribution in [0.15, 0.2) is 40.8 Å². The minimum absolute atomic E-state index is 0.0771. The van der Waals surface area contributed by atoms with Crippen LogP contribution in [0.1, 0.15) is 39.9 Å². The molecule has 0 aliphatic heterocycles. The molecule has 0 bridgehead atoms. The van der Waals surface area contributed by atoms with Gasteiger partial charge in [0.1, 0.15) is 5.76 Å². The fourth-order valence-electron chi connectivity index (χ4n) is 2.51. The third-order valence-electron chi connectivity index (χ3n) is 3.46. The molecule has 19 heavy (non-hydrogen) atoms. The summed E-state index contributed by atoms with van der Waals surface area (Å²) in [4.78, 5) is 12.1. The molecule has 98 valence electrons. The molecular weight excluding hydrogens is 262 g/mol. The maximum absolute atomic E-state index is 12.1. The average Bonchev–Trinajstić information content (AvgIpc) is 3.06. The van der Waals surface area contributed by atoms with Gasteiger partial charge in [-0.2, -0.15) is 0 Å². The largest absolute Gasteiger partial charge is 0.455 e. The van der Waals surface area contributed by atoms with Crippen molar-refractivity contribution >= 4 is 17.5 Å². The topological polar surface area (TPSA) is 42.2 Å². The maximum Gasteiger partial charge on any atom is 0.287 e. The van der Waals surface area contributed by atoms with Gasteiger partial charge >= 0.3 is 0 Å². The number of halogens is 1. The van der Waals surface area contributed by atoms with Crippen LogP contribution in [0.2, 0.25) is 0 Å². The van der Waals surface area contributed by atoms with Crippen molar-refractivity contribution in [2.45, 2.75) is 24.8 Å². The Hall–Kier alpha value is -1.74. The second kappa shape index (κ2) is 5.10. The molecule has 0 radical (unpaired) electrons. The lowest BCUT2D eigenvalue weighted by molar-refractivity contribution is 0.0907. The van der Waals surface area contributed by atoms with Crippen LogP contribution in [0.5, 0.6) is 0 Å². The van der Waals surface area contributed by atoms with Crippen LogP contribution in [-0.4, -0.2) is 5.91 Å². The van der Waals surface area contributed by atoms with E-state index in [0.29, 0.717) is 11.5 Å². The fraction of sp³-hybridized carbons (Fsp3) is 0.267. The summed E-state index contributed by atoms with van der Waals surface area (Å²) in [5.41, 5.74) is 2.52. The number of amides is 1. The highest BCUT2D eigenvalue weighted by Gasteiger charge is 2.24. The molecule has 3 rings (SSSR count). The van der Waals surface area contributed by atoms with Crippen LogP contribution in [-0.2, 0) is 12.3 Å². The van der Waals surface area contributed by atoms with Gasteiger partial charge in [-0.25, -0.2) is 0 Å². The van der Waals surface area contributed by atoms with Crippen molar-refractivity contribution in [1.82, 2.24) is 5.32 Å². The van der Waals surface area contributed by atoms with E-state index >= 15 is 0 Å². The van der Waals surface area contributed by atoms with Crippen molar-refractivity contribution in [3.05, 3.63) is 59.0 Å². The highest BCUT2D eigenvalue weighted by Crippen LogP contribution is 2.30. The van der Waals surface area contributed by atoms with Crippen molar-refractivity contribution in [3.8, 4) is 0 Å². The number of nitrogens with one attached hydrogen (secondary N) is 1. The van der Waals surface area contributed by atoms with Crippen LogP contribution >= 0.6 is 11.6 Å². The van der Waals surface area contributed by atoms with Crippen LogP contribution in [0, 0.1) is 0 Å². The molecule has 2 aromatic rings. The Kier molecular flexibility index (Phi) is 3.30. The van der Waals surface area contributed by atoms with E-state index in [0.717, 1.165) is 12.8 Å². The second-order valence-electron chi connectivity index (χ2n) is 4.66. The molecule has 1 N–H and O–H groups in total. The van der Waals surface area contributed by atoms with Gasteiger partial charge in [-0.05, 0) is 36.1 Å². The van der Waals surface area contributed by atoms with E-state index in [-0.39, 0.29) is 17.8 Å². The van der Waals surface area contributed by atoms with E-state index in [9.17, 15) is 4.79 Å². The number of aryl methyl sites for hydroxylation is 1. The molecule has 1 atom stereocenters. The van der Waals surface area contributed by atoms with Gasteiger partial charge in [0.25, 0.3) is 5.91 Å². The van der Waals surface area contributed by atoms with Crippen molar-refractivity contribution in [3.63, 3.8) is 0 Å². The molecule has 0 fully saturated rings. The van der Waals surface area contributed by atoms with E-state index in [1.807, 2.05) is 12.1 Å². The lowest BCUT2D eigenvalue weighted by Crippen LogP contribution is -2.26. The summed E-state index contributed by atoms with van der Waals surface area (Å²) in [6, 6.07) is 11.7. The molecule has 1 aromatic heterocycles. The van der Waals surface area contributed by atoms with Crippen LogP contribution < -0.4 is 5.32 Å². The summed E-state index contributed by atoms with van der Waals surface area (Å²) in [6.45, 7) is 0. The zero-order valence-corrected chi connectivity index (χ0v) is 11.1. The highest BCUT2D eigenvalue weighted by atomic mass is 35.5. The molecule has 1 amide bonds. The number of carbonyl (C=O) groups is 1. The number of fused-ring (bicyclic) bond motifs is 1. The summed E-state index contributed by atoms with van der Waals surface area (Å²) in [7, 11) is 0. The third kappa shape index (κ3) is 2.38. The molecular formula is C15H14ClNO2. The molecule has 0 saturated carbocycles. The molecule has 1 aliphatic rings. The average molecular weight is 276 g/mol. The first kappa shape index (κ1) is 12.3. The molecule has 0 saturated heterocycles. The van der Waals surface area contributed by atoms with Crippen molar-refractivity contribution in [1.29, 1.82) is 0 Å². The van der Waals surface area contributed by atoms with Crippen LogP contribution in [0.3, 0.4) is 0 Å². The SMILES string of the molecule is O=C(NC1CCc2ccccc21)c1ccc(CCl)o1. The van der Waals surface area contributed by atoms with Gasteiger partial charge in [-0.15, -0.1) is 11.6 Å². The minimum atomic E-state index is -0.182. The predicted molar refractivity (Wildman–Crippen MR) is 73.2 cm³/mol. The molecule has 1 unspecified atom stereocenters. The Morgan fingerprint density at radius 1 is 1.32 bits per heavy atom. The Morgan fingerprint density at radius 2 is 2.16 bits per heavy atom. The summed E-state index contributed by atoms with van der Waals surface area (Å²) in [5, 5.41) is 3.01. The second-order valence-corrected chi connectivity index (χ2v) is 4.93. The number of carbonyl (C=O) groups excluding carboxylic acids is 1. The van der Waals surface area contributed by atoms with Crippen molar-refractivity contribution < 1.29 is 9.21 Å². The van der Waals surface area contributed by atoms with Crippen LogP contribution in [0.4, 0.5) is 0 Å². The van der Waals surface area contributed by atoms with E-state index in [2.05, 4.69) is 17.4 Å². The maximum atomic E-state index is 12.1. The molecule has 3 nitrogen and oxygen atoms in total. The molecule has 1 aromatic carbocycles. The van der Waals surface area contributed by atoms with Gasteiger partial charge in [0.15, 0.2) is 5.76 Å². The molecule has 4 heteroatoms. The van der Waals surface area contributed by atoms with Gasteiger partial charge in [0, 0.05) is 0 Å². The van der Waals surface area contributed by atoms with E-state index < -0.39 is 0 Å². The number of furan rings is 1. The number of hydrogen-bond acceptors (Lipinski definition) is 2. The van der Waals surface area contributed by atoms with Gasteiger partial charge < -0.3 is 9.73 Å². The van der Waals surface area contributed by atoms with Gasteiger partial charge in [0.05, 0.1) is 11.9 Å². The summed E-state index contributed by atoms with van der Waals surface area (Å²) in [6.07, 6.45) is 1.94. The summed E-state index contributed by atoms with van der Waals surface area (Å²) < 4.78 is 5.35. The lowest BCUT2D eigenvalue weighted by Gasteiger charge is -2.12. The van der Waals surface area contributed by atoms with E-state index in [1.165, 1.54) is 11.1 Å². The highest BCUT2D eigenvalue weighted by molar-refractivity contribution is 6.16. The van der Waals surface area contributed by atoms with Gasteiger partial charge in [0.2, 0.25) is 0 Å². The smallest absolute Gasteiger partial charge is 0.287 e. The number of benzene rings is 1. The Balaban J connectivity index is 1.74. The number of alkyl halides is 1. The Labute approximate surface area is 116 Å². The minimum Gasteiger partial charge on any atom is -0.455 e. The molecule has 1 aliphatic carbocycles. The van der Waals surface area contributed by atoms with E-state index in [1.54, 1.807) is 12.1 Å². The Bertz CT molecular complexity index is 606. The normalized spacial score (nSPS) is 17.2. The van der Waals surface area contributed by atoms with E-state index in [4.69, 9.17) is 16.0 Å². The zero-order chi connectivity index (χ0) is 13.2. The first-order chi connectivity index (χ1) is 9.28. The number of rotatable bonds is 3. The fourth-order valence-corrected chi connectivity index (χ4v) is 2.65. The van der Waals surface area contributed by atoms with Crippen molar-refractivity contribution in [2.24, 2.45) is 0 Å². The van der Waals surface area contributed by atoms with Gasteiger partial charge in [-0.1, -0.05) is 24.3 Å². The summed E-state index contributed by atoms with van der Waals surface area (Å²) in [5.74, 6) is 1.02. The quantitative estimate of drug-likeness (QED) is 0.872. The van der Waals surface area contributed by atoms with Gasteiger partial charge in [-0.3, -0.25) is 4.79 Å².